The Bertz CT molecular complexity index is 724. The van der Waals surface area contributed by atoms with E-state index in [1.807, 2.05) is 12.1 Å². The Morgan fingerprint density at radius 3 is 2.87 bits per heavy atom. The highest BCUT2D eigenvalue weighted by atomic mass is 16.3. The molecule has 0 saturated heterocycles. The van der Waals surface area contributed by atoms with Crippen LogP contribution >= 0.6 is 0 Å². The zero-order valence-corrected chi connectivity index (χ0v) is 13.6. The molecule has 2 rings (SSSR count). The number of carbonyl (C=O) groups is 1. The zero-order valence-electron chi connectivity index (χ0n) is 13.6. The number of hydrogen-bond donors (Lipinski definition) is 2. The summed E-state index contributed by atoms with van der Waals surface area (Å²) < 4.78 is 0. The van der Waals surface area contributed by atoms with Gasteiger partial charge in [-0.3, -0.25) is 9.59 Å². The number of aliphatic hydroxyl groups is 1. The Kier molecular flexibility index (Phi) is 5.87. The van der Waals surface area contributed by atoms with Crippen LogP contribution in [0.3, 0.4) is 0 Å². The number of aliphatic hydroxyl groups excluding tert-OH is 1. The van der Waals surface area contributed by atoms with Gasteiger partial charge in [0.25, 0.3) is 5.56 Å². The molecule has 6 heteroatoms. The number of aryl methyl sites for hydroxylation is 1. The number of nitrogens with zero attached hydrogens (tertiary/aromatic N) is 2. The highest BCUT2D eigenvalue weighted by Crippen LogP contribution is 2.08. The normalized spacial score (nSPS) is 12.3. The van der Waals surface area contributed by atoms with Gasteiger partial charge < -0.3 is 15.0 Å². The third-order valence-corrected chi connectivity index (χ3v) is 3.77. The number of para-hydroxylation sites is 1. The molecule has 2 aromatic rings. The minimum Gasteiger partial charge on any atom is -0.393 e. The monoisotopic (exact) mass is 317 g/mol. The summed E-state index contributed by atoms with van der Waals surface area (Å²) in [5.74, 6) is 0.641. The van der Waals surface area contributed by atoms with E-state index in [0.717, 1.165) is 0 Å². The molecular weight excluding hydrogens is 294 g/mol. The van der Waals surface area contributed by atoms with E-state index in [1.165, 1.54) is 0 Å². The number of hydrogen-bond acceptors (Lipinski definition) is 4. The summed E-state index contributed by atoms with van der Waals surface area (Å²) in [7, 11) is 1.74. The van der Waals surface area contributed by atoms with Crippen molar-refractivity contribution in [2.24, 2.45) is 0 Å². The molecule has 1 heterocycles. The van der Waals surface area contributed by atoms with Crippen molar-refractivity contribution in [3.63, 3.8) is 0 Å². The lowest BCUT2D eigenvalue weighted by molar-refractivity contribution is -0.130. The fraction of sp³-hybridized carbons (Fsp3) is 0.471. The van der Waals surface area contributed by atoms with Gasteiger partial charge in [0.1, 0.15) is 5.82 Å². The van der Waals surface area contributed by atoms with E-state index in [9.17, 15) is 14.7 Å². The van der Waals surface area contributed by atoms with Crippen molar-refractivity contribution in [2.75, 3.05) is 13.6 Å². The molecule has 124 valence electrons. The minimum absolute atomic E-state index is 0.0359. The van der Waals surface area contributed by atoms with Gasteiger partial charge in [0, 0.05) is 26.4 Å². The van der Waals surface area contributed by atoms with Crippen LogP contribution in [0.15, 0.2) is 29.1 Å². The highest BCUT2D eigenvalue weighted by molar-refractivity contribution is 5.77. The Balaban J connectivity index is 1.89. The van der Waals surface area contributed by atoms with Gasteiger partial charge in [-0.1, -0.05) is 12.1 Å². The van der Waals surface area contributed by atoms with Gasteiger partial charge in [0.05, 0.1) is 17.0 Å². The molecule has 1 unspecified atom stereocenters. The van der Waals surface area contributed by atoms with Crippen molar-refractivity contribution in [3.8, 4) is 0 Å². The molecule has 1 amide bonds. The molecule has 0 aliphatic rings. The first-order valence-corrected chi connectivity index (χ1v) is 7.87. The molecule has 2 N–H and O–H groups in total. The van der Waals surface area contributed by atoms with E-state index in [1.54, 1.807) is 31.0 Å². The predicted octanol–water partition coefficient (Wildman–Crippen LogP) is 1.48. The van der Waals surface area contributed by atoms with Gasteiger partial charge in [0.2, 0.25) is 5.91 Å². The maximum atomic E-state index is 12.0. The molecule has 0 aliphatic carbocycles. The van der Waals surface area contributed by atoms with Crippen molar-refractivity contribution in [2.45, 2.75) is 38.7 Å². The number of fused-ring (bicyclic) bond motifs is 1. The standard InChI is InChI=1S/C17H23N3O3/c1-12(21)10-11-20(2)16(22)9-5-8-15-18-14-7-4-3-6-13(14)17(23)19-15/h3-4,6-7,12,21H,5,8-11H2,1-2H3,(H,18,19,23). The van der Waals surface area contributed by atoms with E-state index >= 15 is 0 Å². The number of aromatic amines is 1. The lowest BCUT2D eigenvalue weighted by Crippen LogP contribution is -2.29. The number of rotatable bonds is 7. The largest absolute Gasteiger partial charge is 0.393 e. The van der Waals surface area contributed by atoms with Crippen molar-refractivity contribution in [1.82, 2.24) is 14.9 Å². The second-order valence-corrected chi connectivity index (χ2v) is 5.84. The molecule has 1 atom stereocenters. The van der Waals surface area contributed by atoms with Crippen LogP contribution in [-0.4, -0.2) is 45.6 Å². The quantitative estimate of drug-likeness (QED) is 0.810. The predicted molar refractivity (Wildman–Crippen MR) is 89.2 cm³/mol. The van der Waals surface area contributed by atoms with Crippen LogP contribution in [0, 0.1) is 0 Å². The van der Waals surface area contributed by atoms with Crippen LogP contribution < -0.4 is 5.56 Å². The molecule has 0 saturated carbocycles. The van der Waals surface area contributed by atoms with E-state index in [-0.39, 0.29) is 11.5 Å². The van der Waals surface area contributed by atoms with Crippen molar-refractivity contribution < 1.29 is 9.90 Å². The number of nitrogens with one attached hydrogen (secondary N) is 1. The van der Waals surface area contributed by atoms with Crippen LogP contribution in [0.25, 0.3) is 10.9 Å². The molecule has 0 radical (unpaired) electrons. The maximum Gasteiger partial charge on any atom is 0.258 e. The Morgan fingerprint density at radius 1 is 1.39 bits per heavy atom. The number of aromatic nitrogens is 2. The van der Waals surface area contributed by atoms with E-state index in [0.29, 0.717) is 49.0 Å². The van der Waals surface area contributed by atoms with Gasteiger partial charge in [-0.05, 0) is 31.9 Å². The first-order valence-electron chi connectivity index (χ1n) is 7.87. The molecule has 0 aliphatic heterocycles. The molecule has 23 heavy (non-hydrogen) atoms. The Morgan fingerprint density at radius 2 is 2.13 bits per heavy atom. The third-order valence-electron chi connectivity index (χ3n) is 3.77. The molecule has 0 spiro atoms. The Labute approximate surface area is 135 Å². The fourth-order valence-electron chi connectivity index (χ4n) is 2.36. The van der Waals surface area contributed by atoms with Gasteiger partial charge in [-0.25, -0.2) is 4.98 Å². The second kappa shape index (κ2) is 7.87. The van der Waals surface area contributed by atoms with Crippen LogP contribution in [-0.2, 0) is 11.2 Å². The van der Waals surface area contributed by atoms with E-state index < -0.39 is 6.10 Å². The van der Waals surface area contributed by atoms with Crippen molar-refractivity contribution in [1.29, 1.82) is 0 Å². The lowest BCUT2D eigenvalue weighted by atomic mass is 10.2. The summed E-state index contributed by atoms with van der Waals surface area (Å²) >= 11 is 0. The summed E-state index contributed by atoms with van der Waals surface area (Å²) in [5.41, 5.74) is 0.526. The van der Waals surface area contributed by atoms with Gasteiger partial charge in [0.15, 0.2) is 0 Å². The van der Waals surface area contributed by atoms with Crippen LogP contribution in [0.1, 0.15) is 32.0 Å². The van der Waals surface area contributed by atoms with Crippen molar-refractivity contribution in [3.05, 3.63) is 40.4 Å². The fourth-order valence-corrected chi connectivity index (χ4v) is 2.36. The topological polar surface area (TPSA) is 86.3 Å². The smallest absolute Gasteiger partial charge is 0.258 e. The van der Waals surface area contributed by atoms with E-state index in [2.05, 4.69) is 9.97 Å². The van der Waals surface area contributed by atoms with E-state index in [4.69, 9.17) is 0 Å². The van der Waals surface area contributed by atoms with Gasteiger partial charge in [-0.2, -0.15) is 0 Å². The number of carbonyl (C=O) groups excluding carboxylic acids is 1. The number of H-pyrrole nitrogens is 1. The average Bonchev–Trinajstić information content (AvgIpc) is 2.52. The SMILES string of the molecule is CC(O)CCN(C)C(=O)CCCc1nc2ccccc2c(=O)[nH]1. The zero-order chi connectivity index (χ0) is 16.8. The van der Waals surface area contributed by atoms with Crippen LogP contribution in [0.4, 0.5) is 0 Å². The molecule has 1 aromatic carbocycles. The third kappa shape index (κ3) is 4.89. The maximum absolute atomic E-state index is 12.0. The van der Waals surface area contributed by atoms with Gasteiger partial charge >= 0.3 is 0 Å². The summed E-state index contributed by atoms with van der Waals surface area (Å²) in [6.45, 7) is 2.25. The summed E-state index contributed by atoms with van der Waals surface area (Å²) in [6, 6.07) is 7.20. The minimum atomic E-state index is -0.405. The molecule has 1 aromatic heterocycles. The highest BCUT2D eigenvalue weighted by Gasteiger charge is 2.10. The van der Waals surface area contributed by atoms with Crippen LogP contribution in [0.2, 0.25) is 0 Å². The molecule has 6 nitrogen and oxygen atoms in total. The van der Waals surface area contributed by atoms with Crippen molar-refractivity contribution >= 4 is 16.8 Å². The summed E-state index contributed by atoms with van der Waals surface area (Å²) in [6.07, 6.45) is 1.74. The molecule has 0 fully saturated rings. The van der Waals surface area contributed by atoms with Gasteiger partial charge in [-0.15, -0.1) is 0 Å². The number of amides is 1. The molecule has 0 bridgehead atoms. The first-order chi connectivity index (χ1) is 11.0. The number of benzene rings is 1. The molecular formula is C17H23N3O3. The summed E-state index contributed by atoms with van der Waals surface area (Å²) in [4.78, 5) is 32.8. The van der Waals surface area contributed by atoms with Crippen LogP contribution in [0.5, 0.6) is 0 Å². The first kappa shape index (κ1) is 17.1. The average molecular weight is 317 g/mol. The Hall–Kier alpha value is -2.21. The lowest BCUT2D eigenvalue weighted by Gasteiger charge is -2.17. The second-order valence-electron chi connectivity index (χ2n) is 5.84. The summed E-state index contributed by atoms with van der Waals surface area (Å²) in [5, 5.41) is 9.81.